The average Bonchev–Trinajstić information content (AvgIpc) is 2.62. The number of hydrogen-bond acceptors (Lipinski definition) is 1. The normalized spacial score (nSPS) is 13.7. The molecule has 1 atom stereocenters. The van der Waals surface area contributed by atoms with Crippen molar-refractivity contribution < 1.29 is 4.42 Å². The second-order valence-electron chi connectivity index (χ2n) is 4.25. The minimum Gasteiger partial charge on any atom is -0.464 e. The van der Waals surface area contributed by atoms with Crippen molar-refractivity contribution in [3.63, 3.8) is 0 Å². The lowest BCUT2D eigenvalue weighted by atomic mass is 9.90. The van der Waals surface area contributed by atoms with Crippen LogP contribution in [0.2, 0.25) is 0 Å². The van der Waals surface area contributed by atoms with E-state index >= 15 is 0 Å². The number of fused-ring (bicyclic) bond motifs is 1. The van der Waals surface area contributed by atoms with Gasteiger partial charge in [-0.25, -0.2) is 0 Å². The summed E-state index contributed by atoms with van der Waals surface area (Å²) in [5.41, 5.74) is 2.37. The standard InChI is InChI=1S/C13H16O/c1-9(2)10(3)11-4-5-13-12(8-11)6-7-14-13/h4-10H,1-3H3. The number of hydrogen-bond donors (Lipinski definition) is 0. The van der Waals surface area contributed by atoms with Crippen molar-refractivity contribution in [3.05, 3.63) is 36.1 Å². The van der Waals surface area contributed by atoms with Crippen molar-refractivity contribution in [2.24, 2.45) is 5.92 Å². The molecule has 0 bridgehead atoms. The number of rotatable bonds is 2. The van der Waals surface area contributed by atoms with Crippen LogP contribution < -0.4 is 0 Å². The van der Waals surface area contributed by atoms with E-state index in [4.69, 9.17) is 4.42 Å². The van der Waals surface area contributed by atoms with Gasteiger partial charge in [0.1, 0.15) is 5.58 Å². The molecule has 74 valence electrons. The van der Waals surface area contributed by atoms with E-state index in [9.17, 15) is 0 Å². The van der Waals surface area contributed by atoms with Gasteiger partial charge in [0.25, 0.3) is 0 Å². The van der Waals surface area contributed by atoms with Gasteiger partial charge in [0.05, 0.1) is 6.26 Å². The first-order valence-electron chi connectivity index (χ1n) is 5.15. The van der Waals surface area contributed by atoms with Gasteiger partial charge >= 0.3 is 0 Å². The van der Waals surface area contributed by atoms with Crippen LogP contribution in [0.1, 0.15) is 32.3 Å². The van der Waals surface area contributed by atoms with Crippen molar-refractivity contribution in [2.45, 2.75) is 26.7 Å². The molecule has 0 saturated heterocycles. The molecule has 0 fully saturated rings. The molecular formula is C13H16O. The molecule has 1 heterocycles. The van der Waals surface area contributed by atoms with Crippen LogP contribution in [0.15, 0.2) is 34.9 Å². The van der Waals surface area contributed by atoms with Crippen LogP contribution in [0.4, 0.5) is 0 Å². The third-order valence-electron chi connectivity index (χ3n) is 3.00. The molecule has 1 heteroatoms. The first-order chi connectivity index (χ1) is 6.68. The Morgan fingerprint density at radius 2 is 1.86 bits per heavy atom. The Hall–Kier alpha value is -1.24. The fourth-order valence-electron chi connectivity index (χ4n) is 1.65. The van der Waals surface area contributed by atoms with E-state index in [0.717, 1.165) is 5.58 Å². The highest BCUT2D eigenvalue weighted by molar-refractivity contribution is 5.77. The molecular weight excluding hydrogens is 172 g/mol. The third-order valence-corrected chi connectivity index (χ3v) is 3.00. The van der Waals surface area contributed by atoms with Crippen molar-refractivity contribution in [1.29, 1.82) is 0 Å². The molecule has 1 unspecified atom stereocenters. The summed E-state index contributed by atoms with van der Waals surface area (Å²) in [6.07, 6.45) is 1.74. The van der Waals surface area contributed by atoms with Crippen LogP contribution in [0.3, 0.4) is 0 Å². The summed E-state index contributed by atoms with van der Waals surface area (Å²) in [5, 5.41) is 1.20. The highest BCUT2D eigenvalue weighted by Crippen LogP contribution is 2.27. The van der Waals surface area contributed by atoms with E-state index in [2.05, 4.69) is 39.0 Å². The summed E-state index contributed by atoms with van der Waals surface area (Å²) in [6, 6.07) is 8.47. The molecule has 14 heavy (non-hydrogen) atoms. The quantitative estimate of drug-likeness (QED) is 0.688. The van der Waals surface area contributed by atoms with Crippen LogP contribution in [0.5, 0.6) is 0 Å². The summed E-state index contributed by atoms with van der Waals surface area (Å²) < 4.78 is 5.31. The Morgan fingerprint density at radius 3 is 2.57 bits per heavy atom. The van der Waals surface area contributed by atoms with Crippen LogP contribution in [-0.4, -0.2) is 0 Å². The zero-order valence-corrected chi connectivity index (χ0v) is 8.95. The van der Waals surface area contributed by atoms with E-state index in [1.807, 2.05) is 6.07 Å². The maximum absolute atomic E-state index is 5.31. The highest BCUT2D eigenvalue weighted by atomic mass is 16.3. The minimum absolute atomic E-state index is 0.606. The predicted octanol–water partition coefficient (Wildman–Crippen LogP) is 4.19. The first-order valence-corrected chi connectivity index (χ1v) is 5.15. The van der Waals surface area contributed by atoms with Gasteiger partial charge in [-0.2, -0.15) is 0 Å². The van der Waals surface area contributed by atoms with Gasteiger partial charge in [0.2, 0.25) is 0 Å². The molecule has 0 aliphatic rings. The maximum Gasteiger partial charge on any atom is 0.133 e. The van der Waals surface area contributed by atoms with E-state index in [1.54, 1.807) is 6.26 Å². The second-order valence-corrected chi connectivity index (χ2v) is 4.25. The molecule has 0 spiro atoms. The fourth-order valence-corrected chi connectivity index (χ4v) is 1.65. The summed E-state index contributed by atoms with van der Waals surface area (Å²) in [7, 11) is 0. The van der Waals surface area contributed by atoms with Crippen molar-refractivity contribution in [3.8, 4) is 0 Å². The summed E-state index contributed by atoms with van der Waals surface area (Å²) in [5.74, 6) is 1.29. The minimum atomic E-state index is 0.606. The van der Waals surface area contributed by atoms with Crippen LogP contribution in [0, 0.1) is 5.92 Å². The predicted molar refractivity (Wildman–Crippen MR) is 59.5 cm³/mol. The molecule has 0 aliphatic heterocycles. The topological polar surface area (TPSA) is 13.1 Å². The zero-order valence-electron chi connectivity index (χ0n) is 8.95. The smallest absolute Gasteiger partial charge is 0.133 e. The fraction of sp³-hybridized carbons (Fsp3) is 0.385. The summed E-state index contributed by atoms with van der Waals surface area (Å²) in [6.45, 7) is 6.78. The Bertz CT molecular complexity index is 425. The van der Waals surface area contributed by atoms with E-state index < -0.39 is 0 Å². The largest absolute Gasteiger partial charge is 0.464 e. The summed E-state index contributed by atoms with van der Waals surface area (Å²) in [4.78, 5) is 0. The lowest BCUT2D eigenvalue weighted by Crippen LogP contribution is -2.01. The SMILES string of the molecule is CC(C)C(C)c1ccc2occc2c1. The molecule has 1 aromatic carbocycles. The lowest BCUT2D eigenvalue weighted by molar-refractivity contribution is 0.535. The second kappa shape index (κ2) is 3.49. The number of furan rings is 1. The van der Waals surface area contributed by atoms with E-state index in [-0.39, 0.29) is 0 Å². The summed E-state index contributed by atoms with van der Waals surface area (Å²) >= 11 is 0. The zero-order chi connectivity index (χ0) is 10.1. The molecule has 2 rings (SSSR count). The maximum atomic E-state index is 5.31. The Kier molecular flexibility index (Phi) is 2.32. The van der Waals surface area contributed by atoms with E-state index in [0.29, 0.717) is 11.8 Å². The van der Waals surface area contributed by atoms with Gasteiger partial charge in [-0.05, 0) is 35.6 Å². The molecule has 0 aliphatic carbocycles. The van der Waals surface area contributed by atoms with Gasteiger partial charge in [0.15, 0.2) is 0 Å². The first kappa shape index (κ1) is 9.32. The van der Waals surface area contributed by atoms with Crippen molar-refractivity contribution >= 4 is 11.0 Å². The molecule has 1 nitrogen and oxygen atoms in total. The van der Waals surface area contributed by atoms with Crippen LogP contribution >= 0.6 is 0 Å². The van der Waals surface area contributed by atoms with Crippen LogP contribution in [0.25, 0.3) is 11.0 Å². The Labute approximate surface area is 84.7 Å². The Morgan fingerprint density at radius 1 is 1.07 bits per heavy atom. The van der Waals surface area contributed by atoms with Gasteiger partial charge in [-0.1, -0.05) is 26.8 Å². The Balaban J connectivity index is 2.43. The molecule has 0 saturated carbocycles. The number of benzene rings is 1. The van der Waals surface area contributed by atoms with Gasteiger partial charge in [-0.15, -0.1) is 0 Å². The average molecular weight is 188 g/mol. The van der Waals surface area contributed by atoms with Crippen LogP contribution in [-0.2, 0) is 0 Å². The highest BCUT2D eigenvalue weighted by Gasteiger charge is 2.10. The van der Waals surface area contributed by atoms with Crippen molar-refractivity contribution in [1.82, 2.24) is 0 Å². The van der Waals surface area contributed by atoms with Gasteiger partial charge in [-0.3, -0.25) is 0 Å². The van der Waals surface area contributed by atoms with Gasteiger partial charge in [0, 0.05) is 5.39 Å². The molecule has 0 radical (unpaired) electrons. The molecule has 0 N–H and O–H groups in total. The molecule has 1 aromatic heterocycles. The third kappa shape index (κ3) is 1.54. The molecule has 0 amide bonds. The monoisotopic (exact) mass is 188 g/mol. The molecule has 2 aromatic rings. The van der Waals surface area contributed by atoms with Crippen molar-refractivity contribution in [2.75, 3.05) is 0 Å². The lowest BCUT2D eigenvalue weighted by Gasteiger charge is -2.15. The van der Waals surface area contributed by atoms with E-state index in [1.165, 1.54) is 10.9 Å². The van der Waals surface area contributed by atoms with Gasteiger partial charge < -0.3 is 4.42 Å².